The molecule has 0 radical (unpaired) electrons. The minimum atomic E-state index is -0.597. The second kappa shape index (κ2) is 9.36. The molecule has 1 aliphatic heterocycles. The minimum absolute atomic E-state index is 0.0613. The maximum atomic E-state index is 14.0. The summed E-state index contributed by atoms with van der Waals surface area (Å²) in [7, 11) is 0. The van der Waals surface area contributed by atoms with E-state index in [4.69, 9.17) is 0 Å². The van der Waals surface area contributed by atoms with Crippen molar-refractivity contribution in [2.75, 3.05) is 11.5 Å². The number of carbonyl (C=O) groups excluding carboxylic acids is 1. The van der Waals surface area contributed by atoms with E-state index in [0.717, 1.165) is 30.5 Å². The van der Waals surface area contributed by atoms with Gasteiger partial charge >= 0.3 is 5.69 Å². The quantitative estimate of drug-likeness (QED) is 0.586. The number of pyridine rings is 1. The van der Waals surface area contributed by atoms with Gasteiger partial charge in [0.2, 0.25) is 0 Å². The van der Waals surface area contributed by atoms with Crippen molar-refractivity contribution in [3.05, 3.63) is 56.6 Å². The molecule has 0 unspecified atom stereocenters. The van der Waals surface area contributed by atoms with Crippen LogP contribution in [0.1, 0.15) is 66.8 Å². The zero-order valence-corrected chi connectivity index (χ0v) is 19.7. The fraction of sp³-hybridized carbons (Fsp3) is 0.522. The van der Waals surface area contributed by atoms with Crippen molar-refractivity contribution in [3.8, 4) is 0 Å². The molecule has 0 aromatic carbocycles. The van der Waals surface area contributed by atoms with E-state index in [9.17, 15) is 18.8 Å². The number of thioether (sulfide) groups is 1. The van der Waals surface area contributed by atoms with Crippen LogP contribution in [0.5, 0.6) is 0 Å². The number of imidazole rings is 1. The van der Waals surface area contributed by atoms with E-state index in [2.05, 4.69) is 20.3 Å². The van der Waals surface area contributed by atoms with Crippen molar-refractivity contribution in [1.82, 2.24) is 29.4 Å². The number of aryl methyl sites for hydroxylation is 1. The van der Waals surface area contributed by atoms with Gasteiger partial charge in [-0.05, 0) is 63.0 Å². The molecule has 9 nitrogen and oxygen atoms in total. The van der Waals surface area contributed by atoms with Gasteiger partial charge in [0.15, 0.2) is 0 Å². The zero-order valence-electron chi connectivity index (χ0n) is 18.9. The fourth-order valence-electron chi connectivity index (χ4n) is 5.12. The van der Waals surface area contributed by atoms with Crippen molar-refractivity contribution in [3.63, 3.8) is 0 Å². The van der Waals surface area contributed by atoms with E-state index >= 15 is 0 Å². The van der Waals surface area contributed by atoms with E-state index in [1.54, 1.807) is 11.5 Å². The first-order valence-electron chi connectivity index (χ1n) is 11.6. The topological polar surface area (TPSA) is 115 Å². The number of aromatic nitrogens is 5. The Balaban J connectivity index is 1.44. The zero-order chi connectivity index (χ0) is 23.8. The number of nitrogens with one attached hydrogen (secondary N) is 2. The lowest BCUT2D eigenvalue weighted by Crippen LogP contribution is -2.46. The first-order valence-corrected chi connectivity index (χ1v) is 12.8. The summed E-state index contributed by atoms with van der Waals surface area (Å²) in [5.41, 5.74) is 0.480. The molecule has 2 N–H and O–H groups in total. The van der Waals surface area contributed by atoms with E-state index < -0.39 is 11.4 Å². The lowest BCUT2D eigenvalue weighted by molar-refractivity contribution is 0.0916. The molecule has 2 fully saturated rings. The summed E-state index contributed by atoms with van der Waals surface area (Å²) in [4.78, 5) is 50.6. The number of amides is 1. The Morgan fingerprint density at radius 3 is 2.47 bits per heavy atom. The molecule has 1 saturated carbocycles. The normalized spacial score (nSPS) is 21.6. The summed E-state index contributed by atoms with van der Waals surface area (Å²) >= 11 is 1.84. The molecule has 34 heavy (non-hydrogen) atoms. The van der Waals surface area contributed by atoms with E-state index in [1.807, 2.05) is 11.8 Å². The second-order valence-corrected chi connectivity index (χ2v) is 10.3. The maximum Gasteiger partial charge on any atom is 0.333 e. The van der Waals surface area contributed by atoms with Crippen molar-refractivity contribution >= 4 is 28.7 Å². The number of fused-ring (bicyclic) bond motifs is 1. The number of carbonyl (C=O) groups is 1. The summed E-state index contributed by atoms with van der Waals surface area (Å²) in [6.07, 6.45) is 6.56. The van der Waals surface area contributed by atoms with E-state index in [-0.39, 0.29) is 40.8 Å². The molecule has 2 aliphatic rings. The number of nitrogens with zero attached hydrogens (tertiary/aromatic N) is 4. The Kier molecular flexibility index (Phi) is 6.28. The van der Waals surface area contributed by atoms with Crippen LogP contribution < -0.4 is 16.6 Å². The largest absolute Gasteiger partial charge is 0.348 e. The van der Waals surface area contributed by atoms with Gasteiger partial charge in [0.05, 0.1) is 17.9 Å². The van der Waals surface area contributed by atoms with Gasteiger partial charge in [0.1, 0.15) is 17.2 Å². The van der Waals surface area contributed by atoms with Gasteiger partial charge in [-0.25, -0.2) is 19.2 Å². The van der Waals surface area contributed by atoms with Crippen molar-refractivity contribution in [2.45, 2.75) is 63.6 Å². The molecule has 3 aromatic rings. The van der Waals surface area contributed by atoms with Crippen molar-refractivity contribution in [1.29, 1.82) is 0 Å². The molecular formula is C23H27FN6O3S. The summed E-state index contributed by atoms with van der Waals surface area (Å²) in [6, 6.07) is 0.755. The van der Waals surface area contributed by atoms with Crippen molar-refractivity contribution < 1.29 is 9.18 Å². The monoisotopic (exact) mass is 486 g/mol. The Hall–Kier alpha value is -2.95. The highest BCUT2D eigenvalue weighted by Gasteiger charge is 2.30. The van der Waals surface area contributed by atoms with Crippen LogP contribution in [0.2, 0.25) is 0 Å². The van der Waals surface area contributed by atoms with Gasteiger partial charge in [-0.3, -0.25) is 18.7 Å². The number of hydrogen-bond donors (Lipinski definition) is 2. The van der Waals surface area contributed by atoms with E-state index in [1.165, 1.54) is 17.0 Å². The molecule has 1 saturated heterocycles. The highest BCUT2D eigenvalue weighted by Crippen LogP contribution is 2.30. The molecule has 0 spiro atoms. The second-order valence-electron chi connectivity index (χ2n) is 9.05. The van der Waals surface area contributed by atoms with Crippen LogP contribution in [0.3, 0.4) is 0 Å². The average molecular weight is 487 g/mol. The number of halogens is 1. The molecule has 3 aromatic heterocycles. The molecule has 4 heterocycles. The molecule has 180 valence electrons. The molecule has 0 atom stereocenters. The highest BCUT2D eigenvalue weighted by atomic mass is 32.2. The SMILES string of the molecule is Cc1[nH]cnc1C(=O)N[C@H]1CC[C@@H](n2c(=O)c3cc(F)cnc3n(C3CCSCC3)c2=O)CC1. The Morgan fingerprint density at radius 1 is 1.09 bits per heavy atom. The Morgan fingerprint density at radius 2 is 1.79 bits per heavy atom. The van der Waals surface area contributed by atoms with Crippen LogP contribution in [0.15, 0.2) is 28.2 Å². The third-order valence-corrected chi connectivity index (χ3v) is 7.97. The maximum absolute atomic E-state index is 14.0. The third kappa shape index (κ3) is 4.17. The predicted octanol–water partition coefficient (Wildman–Crippen LogP) is 2.71. The van der Waals surface area contributed by atoms with Crippen molar-refractivity contribution in [2.24, 2.45) is 0 Å². The Bertz CT molecular complexity index is 1330. The van der Waals surface area contributed by atoms with Crippen LogP contribution >= 0.6 is 11.8 Å². The molecule has 11 heteroatoms. The first-order chi connectivity index (χ1) is 16.4. The highest BCUT2D eigenvalue weighted by molar-refractivity contribution is 7.99. The standard InChI is InChI=1S/C23H27FN6O3S/c1-13-19(27-12-26-13)21(31)28-15-2-4-16(5-3-15)30-22(32)18-10-14(24)11-25-20(18)29(23(30)33)17-6-8-34-9-7-17/h10-12,15-17H,2-9H2,1H3,(H,26,27)(H,28,31)/t15-,16+. The number of H-pyrrole nitrogens is 1. The molecule has 5 rings (SSSR count). The van der Waals surface area contributed by atoms with Gasteiger partial charge in [-0.1, -0.05) is 0 Å². The summed E-state index contributed by atoms with van der Waals surface area (Å²) in [5, 5.41) is 3.15. The van der Waals surface area contributed by atoms with Gasteiger partial charge < -0.3 is 10.3 Å². The van der Waals surface area contributed by atoms with Crippen LogP contribution in [-0.4, -0.2) is 47.5 Å². The molecule has 0 bridgehead atoms. The average Bonchev–Trinajstić information content (AvgIpc) is 3.27. The first kappa shape index (κ1) is 22.8. The van der Waals surface area contributed by atoms with Crippen LogP contribution in [0, 0.1) is 12.7 Å². The van der Waals surface area contributed by atoms with Gasteiger partial charge in [-0.2, -0.15) is 11.8 Å². The third-order valence-electron chi connectivity index (χ3n) is 6.92. The van der Waals surface area contributed by atoms with Gasteiger partial charge in [0.25, 0.3) is 11.5 Å². The number of rotatable bonds is 4. The summed E-state index contributed by atoms with van der Waals surface area (Å²) in [6.45, 7) is 1.79. The van der Waals surface area contributed by atoms with Crippen LogP contribution in [0.25, 0.3) is 11.0 Å². The fourth-order valence-corrected chi connectivity index (χ4v) is 6.20. The summed E-state index contributed by atoms with van der Waals surface area (Å²) in [5.74, 6) is 1.03. The summed E-state index contributed by atoms with van der Waals surface area (Å²) < 4.78 is 17.0. The number of hydrogen-bond acceptors (Lipinski definition) is 6. The minimum Gasteiger partial charge on any atom is -0.348 e. The number of aromatic amines is 1. The van der Waals surface area contributed by atoms with E-state index in [0.29, 0.717) is 37.1 Å². The lowest BCUT2D eigenvalue weighted by Gasteiger charge is -2.31. The Labute approximate surface area is 199 Å². The van der Waals surface area contributed by atoms with Crippen LogP contribution in [0.4, 0.5) is 4.39 Å². The predicted molar refractivity (Wildman–Crippen MR) is 128 cm³/mol. The smallest absolute Gasteiger partial charge is 0.333 e. The molecular weight excluding hydrogens is 459 g/mol. The molecule has 1 amide bonds. The van der Waals surface area contributed by atoms with Crippen LogP contribution in [-0.2, 0) is 0 Å². The lowest BCUT2D eigenvalue weighted by atomic mass is 9.90. The van der Waals surface area contributed by atoms with Gasteiger partial charge in [0, 0.05) is 23.8 Å². The molecule has 1 aliphatic carbocycles. The van der Waals surface area contributed by atoms with Gasteiger partial charge in [-0.15, -0.1) is 0 Å².